The molecule has 3 aromatic rings. The number of ether oxygens (including phenoxy) is 2. The molecule has 14 nitrogen and oxygen atoms in total. The van der Waals surface area contributed by atoms with Crippen molar-refractivity contribution in [3.05, 3.63) is 70.3 Å². The van der Waals surface area contributed by atoms with Gasteiger partial charge in [0.1, 0.15) is 17.1 Å². The Hall–Kier alpha value is -3.54. The molecule has 0 radical (unpaired) electrons. The van der Waals surface area contributed by atoms with Crippen LogP contribution in [0.2, 0.25) is 0 Å². The Morgan fingerprint density at radius 2 is 1.78 bits per heavy atom. The maximum absolute atomic E-state index is 15.3. The maximum Gasteiger partial charge on any atom is 1.00 e. The number of anilines is 1. The van der Waals surface area contributed by atoms with Crippen LogP contribution in [0.3, 0.4) is 0 Å². The zero-order chi connectivity index (χ0) is 31.2. The van der Waals surface area contributed by atoms with E-state index in [9.17, 15) is 32.1 Å². The van der Waals surface area contributed by atoms with Crippen LogP contribution >= 0.6 is 0 Å². The summed E-state index contributed by atoms with van der Waals surface area (Å²) in [6, 6.07) is 9.03. The Morgan fingerprint density at radius 1 is 1.09 bits per heavy atom. The number of esters is 1. The summed E-state index contributed by atoms with van der Waals surface area (Å²) in [4.78, 5) is 53.6. The molecule has 17 heteroatoms. The van der Waals surface area contributed by atoms with E-state index >= 15 is 4.39 Å². The van der Waals surface area contributed by atoms with E-state index in [1.54, 1.807) is 41.0 Å². The number of carbonyl (C=O) groups excluding carboxylic acids is 3. The Kier molecular flexibility index (Phi) is 9.53. The monoisotopic (exact) mass is 651 g/mol. The predicted octanol–water partition coefficient (Wildman–Crippen LogP) is -2.76. The van der Waals surface area contributed by atoms with E-state index in [4.69, 9.17) is 9.47 Å². The van der Waals surface area contributed by atoms with Crippen molar-refractivity contribution in [2.45, 2.75) is 31.2 Å². The standard InChI is InChI=1S/C28H28FN5O9S.Na/c29-20-12-18-21(13-22(20)32-10-8-30-9-11-32)33(16-6-7-16)14-19(25(18)36)28(38)43-27-24(26(37)34(27)44(39,40)41)31-23(35)15-42-17-4-2-1-3-5-17;/h1-5,12-14,16,24,27,30H,6-11,15H2,(H,31,35)(H,39,40,41);/q;+1/p-1/t24-,27-;/m1./s1. The summed E-state index contributed by atoms with van der Waals surface area (Å²) in [5.74, 6) is -3.87. The van der Waals surface area contributed by atoms with Crippen LogP contribution in [0.15, 0.2) is 53.5 Å². The number of benzene rings is 2. The first-order valence-electron chi connectivity index (χ1n) is 13.8. The first kappa shape index (κ1) is 32.8. The van der Waals surface area contributed by atoms with Crippen molar-refractivity contribution in [3.63, 3.8) is 0 Å². The average Bonchev–Trinajstić information content (AvgIpc) is 3.84. The van der Waals surface area contributed by atoms with Gasteiger partial charge in [0, 0.05) is 43.8 Å². The topological polar surface area (TPSA) is 179 Å². The van der Waals surface area contributed by atoms with Crippen LogP contribution in [0.25, 0.3) is 10.9 Å². The normalized spacial score (nSPS) is 19.8. The minimum Gasteiger partial charge on any atom is -0.731 e. The van der Waals surface area contributed by atoms with Gasteiger partial charge in [-0.05, 0) is 37.1 Å². The SMILES string of the molecule is O=C(COc1ccccc1)N[C@@H]1C(=O)N(S(=O)(=O)[O-])[C@@H]1OC(=O)c1cn(C2CC2)c2cc(N3CCNCC3)c(F)cc2c1=O.[Na+]. The molecule has 45 heavy (non-hydrogen) atoms. The van der Waals surface area contributed by atoms with Crippen LogP contribution in [0.4, 0.5) is 10.1 Å². The molecule has 3 fully saturated rings. The van der Waals surface area contributed by atoms with Crippen molar-refractivity contribution in [1.29, 1.82) is 0 Å². The summed E-state index contributed by atoms with van der Waals surface area (Å²) in [6.45, 7) is 1.89. The number of β-lactam (4-membered cyclic amide) rings is 1. The maximum atomic E-state index is 15.3. The second-order valence-electron chi connectivity index (χ2n) is 10.6. The molecule has 2 amide bonds. The number of hydrogen-bond acceptors (Lipinski definition) is 11. The van der Waals surface area contributed by atoms with E-state index in [-0.39, 0.29) is 45.3 Å². The number of hydrogen-bond donors (Lipinski definition) is 2. The average molecular weight is 652 g/mol. The molecule has 1 aromatic heterocycles. The van der Waals surface area contributed by atoms with Crippen LogP contribution < -0.4 is 55.3 Å². The van der Waals surface area contributed by atoms with E-state index in [1.165, 1.54) is 6.20 Å². The van der Waals surface area contributed by atoms with Crippen molar-refractivity contribution in [1.82, 2.24) is 19.5 Å². The van der Waals surface area contributed by atoms with Crippen LogP contribution in [-0.4, -0.2) is 84.7 Å². The first-order chi connectivity index (χ1) is 21.0. The molecular formula is C28H27FN5NaO9S. The fraction of sp³-hybridized carbons (Fsp3) is 0.357. The molecule has 0 bridgehead atoms. The number of rotatable bonds is 9. The van der Waals surface area contributed by atoms with Crippen molar-refractivity contribution in [3.8, 4) is 5.75 Å². The first-order valence-corrected chi connectivity index (χ1v) is 15.2. The predicted molar refractivity (Wildman–Crippen MR) is 151 cm³/mol. The molecule has 3 aliphatic rings. The number of amides is 2. The third-order valence-corrected chi connectivity index (χ3v) is 8.49. The third-order valence-electron chi connectivity index (χ3n) is 7.62. The van der Waals surface area contributed by atoms with Crippen LogP contribution in [0.5, 0.6) is 5.75 Å². The van der Waals surface area contributed by atoms with Gasteiger partial charge in [-0.3, -0.25) is 14.4 Å². The van der Waals surface area contributed by atoms with Gasteiger partial charge >= 0.3 is 35.5 Å². The molecule has 6 rings (SSSR count). The summed E-state index contributed by atoms with van der Waals surface area (Å²) in [5, 5.41) is 5.30. The number of nitrogens with one attached hydrogen (secondary N) is 2. The van der Waals surface area contributed by atoms with Crippen molar-refractivity contribution < 1.29 is 70.8 Å². The molecule has 232 valence electrons. The van der Waals surface area contributed by atoms with Crippen LogP contribution in [-0.2, 0) is 24.6 Å². The Labute approximate surface area is 278 Å². The number of carbonyl (C=O) groups is 3. The zero-order valence-electron chi connectivity index (χ0n) is 24.1. The fourth-order valence-corrected chi connectivity index (χ4v) is 6.04. The minimum atomic E-state index is -5.46. The molecule has 2 N–H and O–H groups in total. The number of pyridine rings is 1. The summed E-state index contributed by atoms with van der Waals surface area (Å²) in [7, 11) is -5.46. The van der Waals surface area contributed by atoms with Crippen LogP contribution in [0.1, 0.15) is 29.2 Å². The number of para-hydroxylation sites is 1. The Morgan fingerprint density at radius 3 is 2.42 bits per heavy atom. The van der Waals surface area contributed by atoms with Gasteiger partial charge in [0.15, 0.2) is 23.0 Å². The van der Waals surface area contributed by atoms with Gasteiger partial charge in [0.2, 0.25) is 11.7 Å². The second-order valence-corrected chi connectivity index (χ2v) is 11.9. The number of nitrogens with zero attached hydrogens (tertiary/aromatic N) is 3. The number of fused-ring (bicyclic) bond motifs is 1. The molecule has 1 saturated carbocycles. The smallest absolute Gasteiger partial charge is 0.731 e. The Bertz CT molecular complexity index is 1810. The Balaban J connectivity index is 0.00000400. The quantitative estimate of drug-likeness (QED) is 0.106. The molecule has 2 aliphatic heterocycles. The van der Waals surface area contributed by atoms with Crippen molar-refractivity contribution in [2.24, 2.45) is 0 Å². The van der Waals surface area contributed by atoms with Gasteiger partial charge in [0.05, 0.1) is 11.2 Å². The molecular weight excluding hydrogens is 624 g/mol. The summed E-state index contributed by atoms with van der Waals surface area (Å²) >= 11 is 0. The summed E-state index contributed by atoms with van der Waals surface area (Å²) < 4.78 is 62.6. The van der Waals surface area contributed by atoms with Crippen LogP contribution in [0, 0.1) is 5.82 Å². The molecule has 0 spiro atoms. The van der Waals surface area contributed by atoms with Gasteiger partial charge in [-0.15, -0.1) is 0 Å². The van der Waals surface area contributed by atoms with Crippen molar-refractivity contribution >= 4 is 44.7 Å². The van der Waals surface area contributed by atoms with Gasteiger partial charge in [0.25, 0.3) is 11.8 Å². The summed E-state index contributed by atoms with van der Waals surface area (Å²) in [6.07, 6.45) is 0.674. The molecule has 0 unspecified atom stereocenters. The number of halogens is 1. The zero-order valence-corrected chi connectivity index (χ0v) is 26.9. The van der Waals surface area contributed by atoms with E-state index in [1.807, 2.05) is 4.90 Å². The van der Waals surface area contributed by atoms with Gasteiger partial charge in [-0.2, -0.15) is 0 Å². The summed E-state index contributed by atoms with van der Waals surface area (Å²) in [5.41, 5.74) is -0.706. The molecule has 2 atom stereocenters. The van der Waals surface area contributed by atoms with E-state index in [2.05, 4.69) is 10.6 Å². The molecule has 1 aliphatic carbocycles. The van der Waals surface area contributed by atoms with E-state index in [0.717, 1.165) is 18.9 Å². The second kappa shape index (κ2) is 13.1. The van der Waals surface area contributed by atoms with Gasteiger partial charge < -0.3 is 34.1 Å². The van der Waals surface area contributed by atoms with Gasteiger partial charge in [-0.25, -0.2) is 21.9 Å². The number of piperazine rings is 1. The van der Waals surface area contributed by atoms with E-state index < -0.39 is 63.8 Å². The third kappa shape index (κ3) is 6.71. The van der Waals surface area contributed by atoms with Gasteiger partial charge in [-0.1, -0.05) is 18.2 Å². The minimum absolute atomic E-state index is 0. The largest absolute Gasteiger partial charge is 1.00 e. The van der Waals surface area contributed by atoms with Crippen molar-refractivity contribution in [2.75, 3.05) is 37.7 Å². The molecule has 2 saturated heterocycles. The molecule has 2 aromatic carbocycles. The van der Waals surface area contributed by atoms with E-state index in [0.29, 0.717) is 43.1 Å². The molecule has 3 heterocycles. The fourth-order valence-electron chi connectivity index (χ4n) is 5.28. The number of aromatic nitrogens is 1.